The lowest BCUT2D eigenvalue weighted by Crippen LogP contribution is -2.32. The van der Waals surface area contributed by atoms with E-state index in [1.54, 1.807) is 31.3 Å². The predicted molar refractivity (Wildman–Crippen MR) is 67.7 cm³/mol. The summed E-state index contributed by atoms with van der Waals surface area (Å²) in [5.74, 6) is -0.944. The number of para-hydroxylation sites is 1. The van der Waals surface area contributed by atoms with Gasteiger partial charge in [-0.05, 0) is 12.1 Å². The summed E-state index contributed by atoms with van der Waals surface area (Å²) in [7, 11) is 1.57. The van der Waals surface area contributed by atoms with Gasteiger partial charge in [0.15, 0.2) is 0 Å². The summed E-state index contributed by atoms with van der Waals surface area (Å²) < 4.78 is 0. The van der Waals surface area contributed by atoms with Crippen LogP contribution >= 0.6 is 0 Å². The Morgan fingerprint density at radius 1 is 1.53 bits per heavy atom. The molecule has 6 nitrogen and oxygen atoms in total. The maximum absolute atomic E-state index is 12.1. The highest BCUT2D eigenvalue weighted by Crippen LogP contribution is 2.26. The molecule has 1 N–H and O–H groups in total. The van der Waals surface area contributed by atoms with Gasteiger partial charge in [0.2, 0.25) is 0 Å². The third kappa shape index (κ3) is 2.36. The molecule has 0 radical (unpaired) electrons. The van der Waals surface area contributed by atoms with E-state index in [4.69, 9.17) is 10.4 Å². The van der Waals surface area contributed by atoms with Crippen LogP contribution in [-0.4, -0.2) is 41.6 Å². The van der Waals surface area contributed by atoms with Gasteiger partial charge in [0.1, 0.15) is 6.07 Å². The topological polar surface area (TPSA) is 84.6 Å². The fourth-order valence-electron chi connectivity index (χ4n) is 2.17. The molecule has 0 saturated carbocycles. The van der Waals surface area contributed by atoms with Crippen molar-refractivity contribution in [2.75, 3.05) is 18.5 Å². The molecule has 0 bridgehead atoms. The number of benzene rings is 1. The predicted octanol–water partition coefficient (Wildman–Crippen LogP) is 1.27. The van der Waals surface area contributed by atoms with Gasteiger partial charge in [-0.3, -0.25) is 9.69 Å². The number of urea groups is 1. The Balaban J connectivity index is 2.29. The second kappa shape index (κ2) is 4.98. The first-order chi connectivity index (χ1) is 9.04. The van der Waals surface area contributed by atoms with Crippen LogP contribution in [0.5, 0.6) is 0 Å². The molecular weight excluding hydrogens is 246 g/mol. The Kier molecular flexibility index (Phi) is 3.38. The number of amides is 2. The Morgan fingerprint density at radius 3 is 2.84 bits per heavy atom. The molecule has 0 aromatic heterocycles. The molecule has 0 aliphatic carbocycles. The number of carboxylic acids is 1. The van der Waals surface area contributed by atoms with Gasteiger partial charge >= 0.3 is 12.0 Å². The third-order valence-corrected chi connectivity index (χ3v) is 3.20. The molecule has 2 rings (SSSR count). The average molecular weight is 259 g/mol. The molecule has 0 spiro atoms. The van der Waals surface area contributed by atoms with Crippen LogP contribution in [0.4, 0.5) is 10.5 Å². The highest BCUT2D eigenvalue weighted by molar-refractivity contribution is 5.96. The van der Waals surface area contributed by atoms with E-state index in [-0.39, 0.29) is 25.0 Å². The zero-order chi connectivity index (χ0) is 14.0. The zero-order valence-electron chi connectivity index (χ0n) is 10.4. The van der Waals surface area contributed by atoms with Crippen LogP contribution in [0.1, 0.15) is 12.0 Å². The number of carbonyl (C=O) groups excluding carboxylic acids is 1. The number of likely N-dealkylation sites (N-methyl/N-ethyl adjacent to an activating group) is 1. The molecule has 1 atom stereocenters. The number of nitriles is 1. The minimum Gasteiger partial charge on any atom is -0.481 e. The molecule has 1 fully saturated rings. The standard InChI is InChI=1S/C13H13N3O3/c1-15-10(6-12(17)18)8-16(13(15)19)11-5-3-2-4-9(11)7-14/h2-5,10H,6,8H2,1H3,(H,17,18). The van der Waals surface area contributed by atoms with Crippen molar-refractivity contribution in [2.24, 2.45) is 0 Å². The van der Waals surface area contributed by atoms with Crippen molar-refractivity contribution >= 4 is 17.7 Å². The van der Waals surface area contributed by atoms with Crippen LogP contribution in [0.15, 0.2) is 24.3 Å². The minimum atomic E-state index is -0.944. The molecule has 2 amide bonds. The number of rotatable bonds is 3. The first kappa shape index (κ1) is 12.9. The lowest BCUT2D eigenvalue weighted by atomic mass is 10.1. The summed E-state index contributed by atoms with van der Waals surface area (Å²) in [5, 5.41) is 17.9. The quantitative estimate of drug-likeness (QED) is 0.885. The van der Waals surface area contributed by atoms with Crippen LogP contribution in [0.25, 0.3) is 0 Å². The van der Waals surface area contributed by atoms with Crippen LogP contribution in [0, 0.1) is 11.3 Å². The number of hydrogen-bond acceptors (Lipinski definition) is 3. The Morgan fingerprint density at radius 2 is 2.21 bits per heavy atom. The van der Waals surface area contributed by atoms with Gasteiger partial charge < -0.3 is 10.0 Å². The summed E-state index contributed by atoms with van der Waals surface area (Å²) in [4.78, 5) is 25.7. The SMILES string of the molecule is CN1C(=O)N(c2ccccc2C#N)CC1CC(=O)O. The van der Waals surface area contributed by atoms with E-state index in [1.807, 2.05) is 6.07 Å². The van der Waals surface area contributed by atoms with Crippen molar-refractivity contribution in [1.29, 1.82) is 5.26 Å². The summed E-state index contributed by atoms with van der Waals surface area (Å²) in [6, 6.07) is 8.16. The number of anilines is 1. The summed E-state index contributed by atoms with van der Waals surface area (Å²) in [6.45, 7) is 0.278. The van der Waals surface area contributed by atoms with E-state index in [9.17, 15) is 9.59 Å². The Labute approximate surface area is 110 Å². The molecule has 1 aliphatic heterocycles. The van der Waals surface area contributed by atoms with Crippen molar-refractivity contribution in [3.8, 4) is 6.07 Å². The monoisotopic (exact) mass is 259 g/mol. The van der Waals surface area contributed by atoms with Crippen LogP contribution < -0.4 is 4.90 Å². The first-order valence-corrected chi connectivity index (χ1v) is 5.80. The molecule has 6 heteroatoms. The molecule has 1 unspecified atom stereocenters. The van der Waals surface area contributed by atoms with E-state index in [1.165, 1.54) is 9.80 Å². The molecule has 98 valence electrons. The highest BCUT2D eigenvalue weighted by atomic mass is 16.4. The van der Waals surface area contributed by atoms with Crippen molar-refractivity contribution in [1.82, 2.24) is 4.90 Å². The number of carbonyl (C=O) groups is 2. The van der Waals surface area contributed by atoms with E-state index in [0.29, 0.717) is 11.3 Å². The Bertz CT molecular complexity index is 564. The average Bonchev–Trinajstić information content (AvgIpc) is 2.66. The zero-order valence-corrected chi connectivity index (χ0v) is 10.4. The highest BCUT2D eigenvalue weighted by Gasteiger charge is 2.37. The van der Waals surface area contributed by atoms with Gasteiger partial charge in [0.05, 0.1) is 23.7 Å². The first-order valence-electron chi connectivity index (χ1n) is 5.80. The number of hydrogen-bond donors (Lipinski definition) is 1. The van der Waals surface area contributed by atoms with Gasteiger partial charge in [-0.2, -0.15) is 5.26 Å². The smallest absolute Gasteiger partial charge is 0.324 e. The van der Waals surface area contributed by atoms with E-state index in [0.717, 1.165) is 0 Å². The van der Waals surface area contributed by atoms with E-state index < -0.39 is 5.97 Å². The number of aliphatic carboxylic acids is 1. The Hall–Kier alpha value is -2.55. The van der Waals surface area contributed by atoms with Crippen molar-refractivity contribution < 1.29 is 14.7 Å². The lowest BCUT2D eigenvalue weighted by Gasteiger charge is -2.17. The molecule has 1 aliphatic rings. The van der Waals surface area contributed by atoms with E-state index >= 15 is 0 Å². The fourth-order valence-corrected chi connectivity index (χ4v) is 2.17. The van der Waals surface area contributed by atoms with Crippen molar-refractivity contribution in [2.45, 2.75) is 12.5 Å². The second-order valence-corrected chi connectivity index (χ2v) is 4.38. The molecular formula is C13H13N3O3. The maximum atomic E-state index is 12.1. The van der Waals surface area contributed by atoms with Crippen LogP contribution in [0.3, 0.4) is 0 Å². The number of nitrogens with zero attached hydrogens (tertiary/aromatic N) is 3. The van der Waals surface area contributed by atoms with Gasteiger partial charge in [-0.25, -0.2) is 4.79 Å². The molecule has 1 heterocycles. The van der Waals surface area contributed by atoms with Crippen LogP contribution in [0.2, 0.25) is 0 Å². The third-order valence-electron chi connectivity index (χ3n) is 3.20. The van der Waals surface area contributed by atoms with Gasteiger partial charge in [0, 0.05) is 13.6 Å². The summed E-state index contributed by atoms with van der Waals surface area (Å²) in [5.41, 5.74) is 0.926. The largest absolute Gasteiger partial charge is 0.481 e. The minimum absolute atomic E-state index is 0.104. The molecule has 1 aromatic rings. The summed E-state index contributed by atoms with van der Waals surface area (Å²) in [6.07, 6.45) is -0.104. The molecule has 1 aromatic carbocycles. The number of carboxylic acid groups (broad SMARTS) is 1. The van der Waals surface area contributed by atoms with E-state index in [2.05, 4.69) is 0 Å². The van der Waals surface area contributed by atoms with Gasteiger partial charge in [0.25, 0.3) is 0 Å². The lowest BCUT2D eigenvalue weighted by molar-refractivity contribution is -0.137. The van der Waals surface area contributed by atoms with Gasteiger partial charge in [-0.1, -0.05) is 12.1 Å². The van der Waals surface area contributed by atoms with Crippen LogP contribution in [-0.2, 0) is 4.79 Å². The molecule has 1 saturated heterocycles. The summed E-state index contributed by atoms with van der Waals surface area (Å²) >= 11 is 0. The second-order valence-electron chi connectivity index (χ2n) is 4.38. The van der Waals surface area contributed by atoms with Crippen molar-refractivity contribution in [3.63, 3.8) is 0 Å². The fraction of sp³-hybridized carbons (Fsp3) is 0.308. The molecule has 19 heavy (non-hydrogen) atoms. The maximum Gasteiger partial charge on any atom is 0.324 e. The van der Waals surface area contributed by atoms with Gasteiger partial charge in [-0.15, -0.1) is 0 Å². The normalized spacial score (nSPS) is 18.5. The van der Waals surface area contributed by atoms with Crippen molar-refractivity contribution in [3.05, 3.63) is 29.8 Å².